The summed E-state index contributed by atoms with van der Waals surface area (Å²) in [6.07, 6.45) is 1.68. The average molecular weight is 509 g/mol. The van der Waals surface area contributed by atoms with Crippen molar-refractivity contribution in [1.82, 2.24) is 13.8 Å². The molecule has 1 amide bonds. The fraction of sp³-hybridized carbons (Fsp3) is 0.292. The highest BCUT2D eigenvalue weighted by Crippen LogP contribution is 2.30. The number of fused-ring (bicyclic) bond motifs is 1. The SMILES string of the molecule is CN(C)C(=O)c1c(Cc2ccc(S(=O)(=O)N(C)C)cc2)c2ccccc2n1CC(F)=CCN.Cl. The Morgan fingerprint density at radius 2 is 1.68 bits per heavy atom. The third-order valence-corrected chi connectivity index (χ3v) is 7.25. The Bertz CT molecular complexity index is 1300. The summed E-state index contributed by atoms with van der Waals surface area (Å²) in [5, 5.41) is 0.841. The van der Waals surface area contributed by atoms with Gasteiger partial charge in [0.15, 0.2) is 0 Å². The minimum Gasteiger partial charge on any atom is -0.343 e. The van der Waals surface area contributed by atoms with Gasteiger partial charge in [0.1, 0.15) is 11.5 Å². The first-order chi connectivity index (χ1) is 15.6. The Labute approximate surface area is 206 Å². The van der Waals surface area contributed by atoms with Crippen LogP contribution in [0.4, 0.5) is 4.39 Å². The lowest BCUT2D eigenvalue weighted by Crippen LogP contribution is -2.26. The number of aromatic nitrogens is 1. The van der Waals surface area contributed by atoms with Gasteiger partial charge in [-0.15, -0.1) is 12.4 Å². The Kier molecular flexibility index (Phi) is 9.02. The number of nitrogens with zero attached hydrogens (tertiary/aromatic N) is 3. The Hall–Kier alpha value is -2.72. The summed E-state index contributed by atoms with van der Waals surface area (Å²) in [4.78, 5) is 14.9. The molecule has 184 valence electrons. The topological polar surface area (TPSA) is 88.6 Å². The standard InChI is InChI=1S/C24H29FN4O3S.ClH/c1-27(2)24(30)23-21(15-17-9-11-19(12-10-17)33(31,32)28(3)4)20-7-5-6-8-22(20)29(23)16-18(25)13-14-26;/h5-13H,14-16,26H2,1-4H3;1H. The van der Waals surface area contributed by atoms with E-state index in [1.54, 1.807) is 42.9 Å². The van der Waals surface area contributed by atoms with Crippen molar-refractivity contribution in [1.29, 1.82) is 0 Å². The van der Waals surface area contributed by atoms with Crippen LogP contribution in [0.25, 0.3) is 10.9 Å². The molecule has 2 aromatic carbocycles. The minimum atomic E-state index is -3.54. The van der Waals surface area contributed by atoms with Crippen molar-refractivity contribution < 1.29 is 17.6 Å². The minimum absolute atomic E-state index is 0. The van der Waals surface area contributed by atoms with Crippen LogP contribution in [-0.2, 0) is 23.0 Å². The second kappa shape index (κ2) is 11.1. The van der Waals surface area contributed by atoms with Crippen molar-refractivity contribution >= 4 is 39.2 Å². The van der Waals surface area contributed by atoms with Crippen molar-refractivity contribution in [3.63, 3.8) is 0 Å². The lowest BCUT2D eigenvalue weighted by molar-refractivity contribution is 0.0817. The smallest absolute Gasteiger partial charge is 0.270 e. The number of halogens is 2. The molecule has 34 heavy (non-hydrogen) atoms. The molecule has 0 aliphatic heterocycles. The van der Waals surface area contributed by atoms with Gasteiger partial charge in [0.05, 0.1) is 11.4 Å². The maximum atomic E-state index is 14.5. The van der Waals surface area contributed by atoms with E-state index in [1.807, 2.05) is 24.3 Å². The lowest BCUT2D eigenvalue weighted by atomic mass is 10.0. The predicted molar refractivity (Wildman–Crippen MR) is 136 cm³/mol. The largest absolute Gasteiger partial charge is 0.343 e. The normalized spacial score (nSPS) is 12.1. The zero-order chi connectivity index (χ0) is 24.3. The molecule has 10 heteroatoms. The van der Waals surface area contributed by atoms with Crippen molar-refractivity contribution in [2.45, 2.75) is 17.9 Å². The fourth-order valence-electron chi connectivity index (χ4n) is 3.71. The summed E-state index contributed by atoms with van der Waals surface area (Å²) < 4.78 is 42.1. The first kappa shape index (κ1) is 27.5. The summed E-state index contributed by atoms with van der Waals surface area (Å²) in [6, 6.07) is 14.1. The molecule has 0 spiro atoms. The molecular weight excluding hydrogens is 479 g/mol. The van der Waals surface area contributed by atoms with Crippen molar-refractivity contribution in [3.8, 4) is 0 Å². The molecule has 0 aliphatic carbocycles. The number of benzene rings is 2. The van der Waals surface area contributed by atoms with E-state index in [-0.39, 0.29) is 36.3 Å². The van der Waals surface area contributed by atoms with E-state index >= 15 is 0 Å². The molecule has 0 bridgehead atoms. The van der Waals surface area contributed by atoms with Crippen LogP contribution < -0.4 is 5.73 Å². The molecule has 0 saturated heterocycles. The maximum absolute atomic E-state index is 14.5. The van der Waals surface area contributed by atoms with Crippen LogP contribution in [-0.4, -0.2) is 62.8 Å². The van der Waals surface area contributed by atoms with E-state index in [9.17, 15) is 17.6 Å². The number of sulfonamides is 1. The van der Waals surface area contributed by atoms with Crippen molar-refractivity contribution in [2.75, 3.05) is 34.7 Å². The van der Waals surface area contributed by atoms with Crippen LogP contribution in [0, 0.1) is 0 Å². The van der Waals surface area contributed by atoms with Crippen LogP contribution >= 0.6 is 12.4 Å². The number of para-hydroxylation sites is 1. The summed E-state index contributed by atoms with van der Waals surface area (Å²) in [6.45, 7) is -0.0380. The van der Waals surface area contributed by atoms with Gasteiger partial charge in [0.2, 0.25) is 10.0 Å². The summed E-state index contributed by atoms with van der Waals surface area (Å²) in [5.41, 5.74) is 8.19. The second-order valence-corrected chi connectivity index (χ2v) is 10.3. The van der Waals surface area contributed by atoms with E-state index in [4.69, 9.17) is 5.73 Å². The van der Waals surface area contributed by atoms with Crippen LogP contribution in [0.1, 0.15) is 21.6 Å². The molecule has 0 aliphatic rings. The van der Waals surface area contributed by atoms with Crippen LogP contribution in [0.5, 0.6) is 0 Å². The third-order valence-electron chi connectivity index (χ3n) is 5.42. The van der Waals surface area contributed by atoms with Gasteiger partial charge in [-0.3, -0.25) is 4.79 Å². The van der Waals surface area contributed by atoms with E-state index < -0.39 is 15.9 Å². The Morgan fingerprint density at radius 3 is 2.24 bits per heavy atom. The van der Waals surface area contributed by atoms with Gasteiger partial charge < -0.3 is 15.2 Å². The molecule has 0 atom stereocenters. The summed E-state index contributed by atoms with van der Waals surface area (Å²) >= 11 is 0. The maximum Gasteiger partial charge on any atom is 0.270 e. The molecule has 0 fully saturated rings. The Morgan fingerprint density at radius 1 is 1.06 bits per heavy atom. The number of hydrogen-bond donors (Lipinski definition) is 1. The quantitative estimate of drug-likeness (QED) is 0.505. The lowest BCUT2D eigenvalue weighted by Gasteiger charge is -2.16. The molecule has 1 aromatic heterocycles. The number of rotatable bonds is 8. The number of carbonyl (C=O) groups excluding carboxylic acids is 1. The molecule has 1 heterocycles. The Balaban J connectivity index is 0.00000408. The van der Waals surface area contributed by atoms with Gasteiger partial charge in [-0.1, -0.05) is 30.3 Å². The molecule has 2 N–H and O–H groups in total. The number of nitrogens with two attached hydrogens (primary N) is 1. The predicted octanol–water partition coefficient (Wildman–Crippen LogP) is 3.42. The zero-order valence-corrected chi connectivity index (χ0v) is 21.3. The molecule has 3 rings (SSSR count). The number of amides is 1. The molecule has 7 nitrogen and oxygen atoms in total. The molecular formula is C24H30ClFN4O3S. The second-order valence-electron chi connectivity index (χ2n) is 8.12. The van der Waals surface area contributed by atoms with E-state index in [0.717, 1.165) is 26.3 Å². The highest BCUT2D eigenvalue weighted by atomic mass is 35.5. The average Bonchev–Trinajstić information content (AvgIpc) is 3.06. The van der Waals surface area contributed by atoms with Crippen molar-refractivity contribution in [3.05, 3.63) is 77.3 Å². The van der Waals surface area contributed by atoms with Gasteiger partial charge in [0, 0.05) is 52.1 Å². The van der Waals surface area contributed by atoms with E-state index in [0.29, 0.717) is 12.1 Å². The summed E-state index contributed by atoms with van der Waals surface area (Å²) in [5.74, 6) is -0.663. The van der Waals surface area contributed by atoms with E-state index in [1.165, 1.54) is 25.1 Å². The number of hydrogen-bond acceptors (Lipinski definition) is 4. The number of carbonyl (C=O) groups is 1. The van der Waals surface area contributed by atoms with Crippen molar-refractivity contribution in [2.24, 2.45) is 5.73 Å². The summed E-state index contributed by atoms with van der Waals surface area (Å²) in [7, 11) is 2.73. The molecule has 0 radical (unpaired) electrons. The molecule has 0 unspecified atom stereocenters. The molecule has 3 aromatic rings. The highest BCUT2D eigenvalue weighted by Gasteiger charge is 2.25. The van der Waals surface area contributed by atoms with Crippen LogP contribution in [0.15, 0.2) is 65.3 Å². The van der Waals surface area contributed by atoms with Crippen LogP contribution in [0.3, 0.4) is 0 Å². The monoisotopic (exact) mass is 508 g/mol. The highest BCUT2D eigenvalue weighted by molar-refractivity contribution is 7.89. The van der Waals surface area contributed by atoms with Gasteiger partial charge >= 0.3 is 0 Å². The van der Waals surface area contributed by atoms with Gasteiger partial charge in [-0.2, -0.15) is 0 Å². The molecule has 0 saturated carbocycles. The zero-order valence-electron chi connectivity index (χ0n) is 19.7. The van der Waals surface area contributed by atoms with Gasteiger partial charge in [-0.05, 0) is 35.4 Å². The fourth-order valence-corrected chi connectivity index (χ4v) is 4.61. The van der Waals surface area contributed by atoms with Crippen LogP contribution in [0.2, 0.25) is 0 Å². The van der Waals surface area contributed by atoms with Gasteiger partial charge in [-0.25, -0.2) is 17.1 Å². The first-order valence-electron chi connectivity index (χ1n) is 10.5. The van der Waals surface area contributed by atoms with Gasteiger partial charge in [0.25, 0.3) is 5.91 Å². The number of allylic oxidation sites excluding steroid dienone is 1. The first-order valence-corrected chi connectivity index (χ1v) is 11.9. The van der Waals surface area contributed by atoms with E-state index in [2.05, 4.69) is 0 Å². The third kappa shape index (κ3) is 5.50.